The van der Waals surface area contributed by atoms with E-state index in [-0.39, 0.29) is 13.2 Å². The van der Waals surface area contributed by atoms with Gasteiger partial charge >= 0.3 is 11.9 Å². The lowest BCUT2D eigenvalue weighted by molar-refractivity contribution is -0.155. The fraction of sp³-hybridized carbons (Fsp3) is 0.875. The second-order valence-electron chi connectivity index (χ2n) is 5.26. The van der Waals surface area contributed by atoms with Gasteiger partial charge < -0.3 is 9.47 Å². The van der Waals surface area contributed by atoms with E-state index in [4.69, 9.17) is 9.47 Å². The molecule has 0 aliphatic carbocycles. The van der Waals surface area contributed by atoms with Crippen molar-refractivity contribution in [3.63, 3.8) is 0 Å². The zero-order valence-corrected chi connectivity index (χ0v) is 15.2. The summed E-state index contributed by atoms with van der Waals surface area (Å²) in [5.41, 5.74) is 0. The van der Waals surface area contributed by atoms with Crippen LogP contribution in [0.5, 0.6) is 0 Å². The maximum Gasteiger partial charge on any atom is 0.342 e. The van der Waals surface area contributed by atoms with Gasteiger partial charge in [-0.2, -0.15) is 0 Å². The molecule has 0 fully saturated rings. The van der Waals surface area contributed by atoms with Crippen molar-refractivity contribution in [2.45, 2.75) is 76.2 Å². The standard InChI is InChI=1S/C16H28BrFO4/c1-3-5-7-9-11-21-15(19)13(17)14(18)16(20)22-12-10-8-6-4-2/h13-14H,3-12H2,1-2H3/t13-,14+/m1/s1. The Morgan fingerprint density at radius 3 is 1.77 bits per heavy atom. The number of ether oxygens (including phenoxy) is 2. The van der Waals surface area contributed by atoms with Gasteiger partial charge in [-0.15, -0.1) is 0 Å². The number of hydrogen-bond donors (Lipinski definition) is 0. The molecule has 0 aromatic carbocycles. The second-order valence-corrected chi connectivity index (χ2v) is 6.25. The number of unbranched alkanes of at least 4 members (excludes halogenated alkanes) is 6. The number of carbonyl (C=O) groups excluding carboxylic acids is 2. The van der Waals surface area contributed by atoms with Crippen LogP contribution >= 0.6 is 15.9 Å². The van der Waals surface area contributed by atoms with E-state index in [0.717, 1.165) is 44.9 Å². The van der Waals surface area contributed by atoms with Crippen LogP contribution in [0.15, 0.2) is 0 Å². The third-order valence-electron chi connectivity index (χ3n) is 3.19. The van der Waals surface area contributed by atoms with Crippen LogP contribution in [0, 0.1) is 0 Å². The molecule has 6 heteroatoms. The van der Waals surface area contributed by atoms with Gasteiger partial charge in [-0.05, 0) is 12.8 Å². The largest absolute Gasteiger partial charge is 0.465 e. The first-order valence-electron chi connectivity index (χ1n) is 8.16. The van der Waals surface area contributed by atoms with E-state index in [2.05, 4.69) is 29.8 Å². The fourth-order valence-corrected chi connectivity index (χ4v) is 2.15. The predicted octanol–water partition coefficient (Wildman–Crippen LogP) is 4.34. The van der Waals surface area contributed by atoms with Crippen molar-refractivity contribution in [3.8, 4) is 0 Å². The Morgan fingerprint density at radius 1 is 0.864 bits per heavy atom. The molecule has 0 N–H and O–H groups in total. The third kappa shape index (κ3) is 10.1. The van der Waals surface area contributed by atoms with Crippen LogP contribution in [-0.4, -0.2) is 36.2 Å². The first kappa shape index (κ1) is 21.4. The van der Waals surface area contributed by atoms with Crippen LogP contribution in [0.1, 0.15) is 65.2 Å². The molecule has 0 saturated heterocycles. The highest BCUT2D eigenvalue weighted by molar-refractivity contribution is 9.10. The van der Waals surface area contributed by atoms with Crippen molar-refractivity contribution in [2.24, 2.45) is 0 Å². The third-order valence-corrected chi connectivity index (χ3v) is 4.03. The fourth-order valence-electron chi connectivity index (χ4n) is 1.80. The molecule has 0 aliphatic rings. The Hall–Kier alpha value is -0.650. The van der Waals surface area contributed by atoms with Gasteiger partial charge in [0.15, 0.2) is 4.83 Å². The van der Waals surface area contributed by atoms with Crippen molar-refractivity contribution in [3.05, 3.63) is 0 Å². The lowest BCUT2D eigenvalue weighted by Gasteiger charge is -2.14. The first-order valence-corrected chi connectivity index (χ1v) is 9.07. The minimum Gasteiger partial charge on any atom is -0.465 e. The summed E-state index contributed by atoms with van der Waals surface area (Å²) in [6, 6.07) is 0. The average molecular weight is 383 g/mol. The molecule has 0 radical (unpaired) electrons. The zero-order valence-electron chi connectivity index (χ0n) is 13.6. The number of esters is 2. The SMILES string of the molecule is CCCCCCOC(=O)[C@@H](F)[C@@H](Br)C(=O)OCCCCCC. The van der Waals surface area contributed by atoms with Crippen LogP contribution in [0.2, 0.25) is 0 Å². The number of alkyl halides is 2. The molecule has 0 aromatic rings. The van der Waals surface area contributed by atoms with Gasteiger partial charge in [-0.25, -0.2) is 9.18 Å². The molecule has 0 spiro atoms. The maximum atomic E-state index is 13.8. The summed E-state index contributed by atoms with van der Waals surface area (Å²) in [6.07, 6.45) is 5.63. The summed E-state index contributed by atoms with van der Waals surface area (Å²) in [4.78, 5) is 21.8. The highest BCUT2D eigenvalue weighted by Crippen LogP contribution is 2.14. The Bertz CT molecular complexity index is 283. The molecule has 0 unspecified atom stereocenters. The lowest BCUT2D eigenvalue weighted by atomic mass is 10.2. The summed E-state index contributed by atoms with van der Waals surface area (Å²) in [6.45, 7) is 4.60. The molecule has 0 amide bonds. The van der Waals surface area contributed by atoms with E-state index < -0.39 is 22.9 Å². The van der Waals surface area contributed by atoms with Gasteiger partial charge in [0.25, 0.3) is 0 Å². The summed E-state index contributed by atoms with van der Waals surface area (Å²) >= 11 is 2.88. The first-order chi connectivity index (χ1) is 10.5. The molecule has 0 heterocycles. The van der Waals surface area contributed by atoms with E-state index in [1.54, 1.807) is 0 Å². The van der Waals surface area contributed by atoms with Crippen LogP contribution in [0.4, 0.5) is 4.39 Å². The molecule has 0 bridgehead atoms. The van der Waals surface area contributed by atoms with Gasteiger partial charge in [0.05, 0.1) is 13.2 Å². The molecule has 0 aliphatic heterocycles. The number of rotatable bonds is 13. The van der Waals surface area contributed by atoms with Crippen molar-refractivity contribution in [2.75, 3.05) is 13.2 Å². The van der Waals surface area contributed by atoms with Crippen molar-refractivity contribution < 1.29 is 23.5 Å². The smallest absolute Gasteiger partial charge is 0.342 e. The Balaban J connectivity index is 3.88. The quantitative estimate of drug-likeness (QED) is 0.270. The highest BCUT2D eigenvalue weighted by Gasteiger charge is 2.34. The molecule has 2 atom stereocenters. The minimum atomic E-state index is -2.03. The van der Waals surface area contributed by atoms with E-state index in [1.807, 2.05) is 0 Å². The molecular weight excluding hydrogens is 355 g/mol. The van der Waals surface area contributed by atoms with E-state index in [0.29, 0.717) is 6.42 Å². The van der Waals surface area contributed by atoms with Crippen molar-refractivity contribution in [1.82, 2.24) is 0 Å². The lowest BCUT2D eigenvalue weighted by Crippen LogP contribution is -2.35. The molecule has 0 aromatic heterocycles. The van der Waals surface area contributed by atoms with Crippen LogP contribution in [-0.2, 0) is 19.1 Å². The van der Waals surface area contributed by atoms with E-state index in [9.17, 15) is 14.0 Å². The number of halogens is 2. The summed E-state index contributed by atoms with van der Waals surface area (Å²) in [5.74, 6) is -1.77. The second kappa shape index (κ2) is 14.0. The molecular formula is C16H28BrFO4. The summed E-state index contributed by atoms with van der Waals surface area (Å²) in [7, 11) is 0. The zero-order chi connectivity index (χ0) is 16.8. The monoisotopic (exact) mass is 382 g/mol. The van der Waals surface area contributed by atoms with Crippen LogP contribution < -0.4 is 0 Å². The Labute approximate surface area is 141 Å². The van der Waals surface area contributed by atoms with Crippen molar-refractivity contribution >= 4 is 27.9 Å². The van der Waals surface area contributed by atoms with Gasteiger partial charge in [-0.1, -0.05) is 68.3 Å². The molecule has 0 rings (SSSR count). The molecule has 22 heavy (non-hydrogen) atoms. The van der Waals surface area contributed by atoms with Gasteiger partial charge in [0, 0.05) is 0 Å². The van der Waals surface area contributed by atoms with Crippen LogP contribution in [0.3, 0.4) is 0 Å². The molecule has 4 nitrogen and oxygen atoms in total. The normalized spacial score (nSPS) is 13.5. The predicted molar refractivity (Wildman–Crippen MR) is 87.8 cm³/mol. The van der Waals surface area contributed by atoms with Gasteiger partial charge in [-0.3, -0.25) is 4.79 Å². The van der Waals surface area contributed by atoms with Gasteiger partial charge in [0.1, 0.15) is 0 Å². The Morgan fingerprint density at radius 2 is 1.32 bits per heavy atom. The number of carbonyl (C=O) groups is 2. The summed E-state index contributed by atoms with van der Waals surface area (Å²) < 4.78 is 23.6. The van der Waals surface area contributed by atoms with Crippen molar-refractivity contribution in [1.29, 1.82) is 0 Å². The summed E-state index contributed by atoms with van der Waals surface area (Å²) in [5, 5.41) is 0. The Kier molecular flexibility index (Phi) is 13.6. The highest BCUT2D eigenvalue weighted by atomic mass is 79.9. The molecule has 0 saturated carbocycles. The topological polar surface area (TPSA) is 52.6 Å². The van der Waals surface area contributed by atoms with E-state index in [1.165, 1.54) is 0 Å². The van der Waals surface area contributed by atoms with E-state index >= 15 is 0 Å². The minimum absolute atomic E-state index is 0.186. The average Bonchev–Trinajstić information content (AvgIpc) is 2.52. The van der Waals surface area contributed by atoms with Crippen LogP contribution in [0.25, 0.3) is 0 Å². The molecule has 130 valence electrons. The number of hydrogen-bond acceptors (Lipinski definition) is 4. The van der Waals surface area contributed by atoms with Gasteiger partial charge in [0.2, 0.25) is 6.17 Å². The maximum absolute atomic E-state index is 13.8.